The maximum atomic E-state index is 12.7. The minimum Gasteiger partial charge on any atom is -0.368 e. The van der Waals surface area contributed by atoms with Gasteiger partial charge in [0.05, 0.1) is 13.1 Å². The highest BCUT2D eigenvalue weighted by atomic mass is 16.2. The first kappa shape index (κ1) is 18.2. The van der Waals surface area contributed by atoms with E-state index in [0.717, 1.165) is 5.69 Å². The van der Waals surface area contributed by atoms with Crippen LogP contribution in [0.4, 0.5) is 16.2 Å². The third kappa shape index (κ3) is 2.90. The van der Waals surface area contributed by atoms with Crippen LogP contribution in [0.2, 0.25) is 0 Å². The monoisotopic (exact) mass is 358 g/mol. The van der Waals surface area contributed by atoms with Crippen LogP contribution in [-0.4, -0.2) is 74.0 Å². The van der Waals surface area contributed by atoms with Crippen molar-refractivity contribution in [3.05, 3.63) is 30.7 Å². The summed E-state index contributed by atoms with van der Waals surface area (Å²) >= 11 is 0. The number of nitrogens with zero attached hydrogens (tertiary/aromatic N) is 4. The highest BCUT2D eigenvalue weighted by Gasteiger charge is 2.56. The molecule has 26 heavy (non-hydrogen) atoms. The average Bonchev–Trinajstić information content (AvgIpc) is 3.13. The molecule has 2 aliphatic heterocycles. The molecule has 1 aromatic carbocycles. The molecule has 1 atom stereocenters. The van der Waals surface area contributed by atoms with E-state index in [1.54, 1.807) is 41.1 Å². The molecule has 2 fully saturated rings. The number of primary amides is 1. The molecule has 0 saturated carbocycles. The Hall–Kier alpha value is -2.61. The van der Waals surface area contributed by atoms with E-state index in [-0.39, 0.29) is 18.5 Å². The first-order chi connectivity index (χ1) is 12.3. The first-order valence-corrected chi connectivity index (χ1v) is 8.51. The molecule has 0 aromatic heterocycles. The number of benzene rings is 1. The van der Waals surface area contributed by atoms with Gasteiger partial charge in [0.25, 0.3) is 0 Å². The third-order valence-electron chi connectivity index (χ3n) is 4.98. The fourth-order valence-electron chi connectivity index (χ4n) is 3.50. The zero-order valence-electron chi connectivity index (χ0n) is 15.3. The second-order valence-corrected chi connectivity index (χ2v) is 7.01. The molecule has 0 bridgehead atoms. The fourth-order valence-corrected chi connectivity index (χ4v) is 3.50. The van der Waals surface area contributed by atoms with Crippen molar-refractivity contribution in [2.24, 2.45) is 5.73 Å². The summed E-state index contributed by atoms with van der Waals surface area (Å²) in [6, 6.07) is 6.93. The van der Waals surface area contributed by atoms with E-state index in [2.05, 4.69) is 0 Å². The van der Waals surface area contributed by atoms with Crippen LogP contribution in [0.5, 0.6) is 0 Å². The van der Waals surface area contributed by atoms with Gasteiger partial charge in [-0.15, -0.1) is 0 Å². The van der Waals surface area contributed by atoms with Crippen LogP contribution in [0.1, 0.15) is 6.42 Å². The summed E-state index contributed by atoms with van der Waals surface area (Å²) in [5.74, 6) is -0.528. The summed E-state index contributed by atoms with van der Waals surface area (Å²) in [5, 5.41) is 0. The Morgan fingerprint density at radius 1 is 1.19 bits per heavy atom. The van der Waals surface area contributed by atoms with Crippen LogP contribution in [-0.2, 0) is 9.59 Å². The number of urea groups is 1. The minimum absolute atomic E-state index is 0.0251. The Labute approximate surface area is 153 Å². The Balaban J connectivity index is 1.78. The average molecular weight is 358 g/mol. The summed E-state index contributed by atoms with van der Waals surface area (Å²) in [7, 11) is 5.40. The second-order valence-electron chi connectivity index (χ2n) is 7.01. The van der Waals surface area contributed by atoms with Crippen molar-refractivity contribution in [1.82, 2.24) is 9.80 Å². The van der Waals surface area contributed by atoms with Crippen LogP contribution in [0.15, 0.2) is 24.3 Å². The summed E-state index contributed by atoms with van der Waals surface area (Å²) in [4.78, 5) is 43.3. The molecule has 1 radical (unpaired) electrons. The number of hydrogen-bond donors (Lipinski definition) is 1. The standard InChI is InChI=1S/C18H24N5O3/c1-20(2)11-15(24)21(3)13-5-7-14(8-6-13)22-12-18(16(19)25)9-4-10-23(18)17(22)26/h5-9H,4,10-12H2,1-3H3,(H2,19,25)/t18-/m1/s1. The van der Waals surface area contributed by atoms with Gasteiger partial charge >= 0.3 is 6.03 Å². The lowest BCUT2D eigenvalue weighted by molar-refractivity contribution is -0.124. The van der Waals surface area contributed by atoms with Crippen LogP contribution in [0, 0.1) is 6.42 Å². The Morgan fingerprint density at radius 2 is 1.85 bits per heavy atom. The lowest BCUT2D eigenvalue weighted by Gasteiger charge is -2.25. The molecule has 0 spiro atoms. The van der Waals surface area contributed by atoms with E-state index in [1.807, 2.05) is 25.4 Å². The maximum Gasteiger partial charge on any atom is 0.325 e. The van der Waals surface area contributed by atoms with Crippen molar-refractivity contribution in [2.45, 2.75) is 12.0 Å². The number of likely N-dealkylation sites (N-methyl/N-ethyl adjacent to an activating group) is 2. The van der Waals surface area contributed by atoms with Gasteiger partial charge in [0.2, 0.25) is 11.8 Å². The van der Waals surface area contributed by atoms with Crippen LogP contribution in [0.25, 0.3) is 0 Å². The summed E-state index contributed by atoms with van der Waals surface area (Å²) in [6.45, 7) is 1.03. The van der Waals surface area contributed by atoms with E-state index in [0.29, 0.717) is 25.2 Å². The zero-order valence-corrected chi connectivity index (χ0v) is 15.3. The third-order valence-corrected chi connectivity index (χ3v) is 4.98. The van der Waals surface area contributed by atoms with Crippen molar-refractivity contribution in [1.29, 1.82) is 0 Å². The van der Waals surface area contributed by atoms with E-state index in [1.165, 1.54) is 4.90 Å². The van der Waals surface area contributed by atoms with Gasteiger partial charge in [-0.3, -0.25) is 14.5 Å². The van der Waals surface area contributed by atoms with Crippen molar-refractivity contribution in [3.63, 3.8) is 0 Å². The van der Waals surface area contributed by atoms with Crippen LogP contribution >= 0.6 is 0 Å². The van der Waals surface area contributed by atoms with Crippen LogP contribution < -0.4 is 15.5 Å². The van der Waals surface area contributed by atoms with Crippen molar-refractivity contribution in [2.75, 3.05) is 50.6 Å². The van der Waals surface area contributed by atoms with Gasteiger partial charge in [-0.2, -0.15) is 0 Å². The Morgan fingerprint density at radius 3 is 2.38 bits per heavy atom. The normalized spacial score (nSPS) is 22.1. The molecule has 2 saturated heterocycles. The van der Waals surface area contributed by atoms with Gasteiger partial charge in [0, 0.05) is 31.4 Å². The van der Waals surface area contributed by atoms with E-state index in [4.69, 9.17) is 5.73 Å². The van der Waals surface area contributed by atoms with Crippen LogP contribution in [0.3, 0.4) is 0 Å². The number of amides is 4. The molecule has 2 N–H and O–H groups in total. The molecule has 139 valence electrons. The summed E-state index contributed by atoms with van der Waals surface area (Å²) in [6.07, 6.45) is 2.50. The Bertz CT molecular complexity index is 733. The smallest absolute Gasteiger partial charge is 0.325 e. The number of nitrogens with two attached hydrogens (primary N) is 1. The molecule has 8 heteroatoms. The number of carbonyl (C=O) groups is 3. The lowest BCUT2D eigenvalue weighted by Crippen LogP contribution is -2.53. The number of carbonyl (C=O) groups excluding carboxylic acids is 3. The lowest BCUT2D eigenvalue weighted by atomic mass is 9.96. The fraction of sp³-hybridized carbons (Fsp3) is 0.444. The van der Waals surface area contributed by atoms with Gasteiger partial charge in [0.1, 0.15) is 5.54 Å². The van der Waals surface area contributed by atoms with E-state index < -0.39 is 11.4 Å². The number of fused-ring (bicyclic) bond motifs is 1. The summed E-state index contributed by atoms with van der Waals surface area (Å²) in [5.41, 5.74) is 5.97. The molecule has 0 aliphatic carbocycles. The molecule has 1 aromatic rings. The predicted octanol–water partition coefficient (Wildman–Crippen LogP) is 0.285. The molecular formula is C18H24N5O3. The van der Waals surface area contributed by atoms with E-state index in [9.17, 15) is 14.4 Å². The second kappa shape index (κ2) is 6.60. The summed E-state index contributed by atoms with van der Waals surface area (Å²) < 4.78 is 0. The van der Waals surface area contributed by atoms with Gasteiger partial charge in [-0.25, -0.2) is 4.79 Å². The molecule has 3 rings (SSSR count). The topological polar surface area (TPSA) is 90.2 Å². The number of anilines is 2. The molecular weight excluding hydrogens is 334 g/mol. The van der Waals surface area contributed by atoms with Gasteiger partial charge in [-0.1, -0.05) is 0 Å². The largest absolute Gasteiger partial charge is 0.368 e. The molecule has 8 nitrogen and oxygen atoms in total. The molecule has 2 aliphatic rings. The molecule has 0 unspecified atom stereocenters. The highest BCUT2D eigenvalue weighted by Crippen LogP contribution is 2.38. The minimum atomic E-state index is -1.02. The quantitative estimate of drug-likeness (QED) is 0.819. The van der Waals surface area contributed by atoms with Gasteiger partial charge in [0.15, 0.2) is 0 Å². The van der Waals surface area contributed by atoms with Gasteiger partial charge in [-0.05, 0) is 44.8 Å². The maximum absolute atomic E-state index is 12.7. The van der Waals surface area contributed by atoms with Crippen molar-refractivity contribution < 1.29 is 14.4 Å². The van der Waals surface area contributed by atoms with Crippen molar-refractivity contribution >= 4 is 29.2 Å². The molecule has 2 heterocycles. The number of rotatable bonds is 5. The number of hydrogen-bond acceptors (Lipinski definition) is 4. The highest BCUT2D eigenvalue weighted by molar-refractivity contribution is 6.04. The van der Waals surface area contributed by atoms with Gasteiger partial charge < -0.3 is 20.4 Å². The SMILES string of the molecule is CN(C)CC(=O)N(C)c1ccc(N2C[C@@]3(C(N)=O)[CH]CCN3C2=O)cc1. The van der Waals surface area contributed by atoms with Crippen molar-refractivity contribution in [3.8, 4) is 0 Å². The predicted molar refractivity (Wildman–Crippen MR) is 98.7 cm³/mol. The van der Waals surface area contributed by atoms with E-state index >= 15 is 0 Å². The Kier molecular flexibility index (Phi) is 4.62. The molecule has 4 amide bonds. The first-order valence-electron chi connectivity index (χ1n) is 8.51. The zero-order chi connectivity index (χ0) is 19.1.